The van der Waals surface area contributed by atoms with Crippen molar-refractivity contribution in [2.45, 2.75) is 32.6 Å². The van der Waals surface area contributed by atoms with E-state index < -0.39 is 0 Å². The number of carbonyl (C=O) groups excluding carboxylic acids is 1. The molecule has 3 rings (SSSR count). The van der Waals surface area contributed by atoms with Crippen molar-refractivity contribution in [3.05, 3.63) is 41.9 Å². The van der Waals surface area contributed by atoms with Crippen molar-refractivity contribution < 1.29 is 9.21 Å². The van der Waals surface area contributed by atoms with Crippen LogP contribution in [0.15, 0.2) is 34.9 Å². The summed E-state index contributed by atoms with van der Waals surface area (Å²) >= 11 is 0. The highest BCUT2D eigenvalue weighted by Crippen LogP contribution is 2.21. The van der Waals surface area contributed by atoms with E-state index >= 15 is 0 Å². The van der Waals surface area contributed by atoms with Crippen LogP contribution in [0.5, 0.6) is 0 Å². The van der Waals surface area contributed by atoms with Gasteiger partial charge in [-0.2, -0.15) is 0 Å². The van der Waals surface area contributed by atoms with Gasteiger partial charge >= 0.3 is 0 Å². The molecule has 2 aromatic rings. The molecule has 0 radical (unpaired) electrons. The van der Waals surface area contributed by atoms with Crippen LogP contribution in [0, 0.1) is 6.92 Å². The maximum atomic E-state index is 12.0. The average molecular weight is 284 g/mol. The molecule has 0 saturated carbocycles. The van der Waals surface area contributed by atoms with E-state index in [4.69, 9.17) is 4.42 Å². The first-order chi connectivity index (χ1) is 10.2. The molecule has 2 heterocycles. The minimum Gasteiger partial charge on any atom is -0.441 e. The molecule has 1 amide bonds. The molecule has 4 heteroatoms. The molecule has 110 valence electrons. The molecule has 0 N–H and O–H groups in total. The summed E-state index contributed by atoms with van der Waals surface area (Å²) in [5.41, 5.74) is 2.24. The van der Waals surface area contributed by atoms with Gasteiger partial charge in [0.2, 0.25) is 5.91 Å². The highest BCUT2D eigenvalue weighted by Gasteiger charge is 2.18. The van der Waals surface area contributed by atoms with E-state index in [0.29, 0.717) is 18.7 Å². The lowest BCUT2D eigenvalue weighted by molar-refractivity contribution is -0.130. The van der Waals surface area contributed by atoms with E-state index in [2.05, 4.69) is 24.0 Å². The quantitative estimate of drug-likeness (QED) is 0.866. The largest absolute Gasteiger partial charge is 0.441 e. The normalized spacial score (nSPS) is 14.6. The number of likely N-dealkylation sites (tertiary alicyclic amines) is 1. The van der Waals surface area contributed by atoms with Crippen molar-refractivity contribution in [3.8, 4) is 11.3 Å². The van der Waals surface area contributed by atoms with Crippen LogP contribution in [0.25, 0.3) is 11.3 Å². The van der Waals surface area contributed by atoms with Gasteiger partial charge in [-0.3, -0.25) is 4.79 Å². The molecular weight excluding hydrogens is 264 g/mol. The van der Waals surface area contributed by atoms with Crippen LogP contribution in [0.2, 0.25) is 0 Å². The molecule has 0 bridgehead atoms. The molecule has 1 aromatic carbocycles. The van der Waals surface area contributed by atoms with E-state index in [0.717, 1.165) is 37.3 Å². The number of oxazole rings is 1. The molecule has 0 aliphatic carbocycles. The number of benzene rings is 1. The third kappa shape index (κ3) is 3.32. The Labute approximate surface area is 124 Å². The molecule has 1 fully saturated rings. The topological polar surface area (TPSA) is 46.3 Å². The molecule has 0 atom stereocenters. The van der Waals surface area contributed by atoms with E-state index in [1.807, 2.05) is 17.0 Å². The number of rotatable bonds is 4. The number of aryl methyl sites for hydroxylation is 2. The van der Waals surface area contributed by atoms with Gasteiger partial charge in [0.1, 0.15) is 0 Å². The second kappa shape index (κ2) is 6.12. The summed E-state index contributed by atoms with van der Waals surface area (Å²) in [6, 6.07) is 8.15. The number of hydrogen-bond donors (Lipinski definition) is 0. The Hall–Kier alpha value is -2.10. The molecule has 0 spiro atoms. The Bertz CT molecular complexity index is 610. The maximum Gasteiger partial charge on any atom is 0.223 e. The zero-order valence-corrected chi connectivity index (χ0v) is 12.3. The maximum absolute atomic E-state index is 12.0. The molecule has 21 heavy (non-hydrogen) atoms. The number of amides is 1. The predicted octanol–water partition coefficient (Wildman–Crippen LogP) is 3.21. The Morgan fingerprint density at radius 1 is 1.24 bits per heavy atom. The number of nitrogens with zero attached hydrogens (tertiary/aromatic N) is 2. The van der Waals surface area contributed by atoms with Crippen LogP contribution in [0.1, 0.15) is 30.7 Å². The highest BCUT2D eigenvalue weighted by molar-refractivity contribution is 5.76. The van der Waals surface area contributed by atoms with Gasteiger partial charge in [0, 0.05) is 31.5 Å². The zero-order valence-electron chi connectivity index (χ0n) is 12.3. The summed E-state index contributed by atoms with van der Waals surface area (Å²) in [5, 5.41) is 0. The van der Waals surface area contributed by atoms with E-state index in [9.17, 15) is 4.79 Å². The van der Waals surface area contributed by atoms with Gasteiger partial charge in [-0.05, 0) is 19.8 Å². The van der Waals surface area contributed by atoms with Crippen molar-refractivity contribution in [2.24, 2.45) is 0 Å². The first-order valence-corrected chi connectivity index (χ1v) is 7.52. The molecule has 1 saturated heterocycles. The summed E-state index contributed by atoms with van der Waals surface area (Å²) in [4.78, 5) is 18.2. The van der Waals surface area contributed by atoms with Crippen molar-refractivity contribution in [1.29, 1.82) is 0 Å². The van der Waals surface area contributed by atoms with E-state index in [-0.39, 0.29) is 5.91 Å². The molecular formula is C17H20N2O2. The van der Waals surface area contributed by atoms with Crippen LogP contribution in [-0.2, 0) is 11.2 Å². The fourth-order valence-electron chi connectivity index (χ4n) is 2.62. The van der Waals surface area contributed by atoms with Crippen molar-refractivity contribution >= 4 is 5.91 Å². The van der Waals surface area contributed by atoms with Gasteiger partial charge < -0.3 is 9.32 Å². The van der Waals surface area contributed by atoms with Crippen LogP contribution in [-0.4, -0.2) is 28.9 Å². The van der Waals surface area contributed by atoms with Crippen molar-refractivity contribution in [3.63, 3.8) is 0 Å². The first kappa shape index (κ1) is 13.9. The van der Waals surface area contributed by atoms with Gasteiger partial charge in [-0.25, -0.2) is 4.98 Å². The lowest BCUT2D eigenvalue weighted by Gasteiger charge is -2.14. The van der Waals surface area contributed by atoms with Crippen molar-refractivity contribution in [1.82, 2.24) is 9.88 Å². The second-order valence-electron chi connectivity index (χ2n) is 5.57. The van der Waals surface area contributed by atoms with Gasteiger partial charge in [-0.15, -0.1) is 0 Å². The molecule has 1 aliphatic heterocycles. The Morgan fingerprint density at radius 3 is 2.67 bits per heavy atom. The standard InChI is InChI=1S/C17H20N2O2/c1-13-4-6-14(7-5-13)15-12-18-16(21-15)8-9-17(20)19-10-2-3-11-19/h4-7,12H,2-3,8-11H2,1H3. The minimum absolute atomic E-state index is 0.211. The summed E-state index contributed by atoms with van der Waals surface area (Å²) in [7, 11) is 0. The summed E-state index contributed by atoms with van der Waals surface area (Å²) in [6.45, 7) is 3.86. The summed E-state index contributed by atoms with van der Waals surface area (Å²) in [5.74, 6) is 1.61. The highest BCUT2D eigenvalue weighted by atomic mass is 16.4. The van der Waals surface area contributed by atoms with Crippen LogP contribution in [0.3, 0.4) is 0 Å². The lowest BCUT2D eigenvalue weighted by atomic mass is 10.1. The third-order valence-electron chi connectivity index (χ3n) is 3.90. The SMILES string of the molecule is Cc1ccc(-c2cnc(CCC(=O)N3CCCC3)o2)cc1. The van der Waals surface area contributed by atoms with Crippen LogP contribution >= 0.6 is 0 Å². The van der Waals surface area contributed by atoms with E-state index in [1.54, 1.807) is 6.20 Å². The van der Waals surface area contributed by atoms with Gasteiger partial charge in [0.25, 0.3) is 0 Å². The summed E-state index contributed by atoms with van der Waals surface area (Å²) in [6.07, 6.45) is 5.04. The zero-order chi connectivity index (χ0) is 14.7. The van der Waals surface area contributed by atoms with Crippen LogP contribution in [0.4, 0.5) is 0 Å². The van der Waals surface area contributed by atoms with E-state index in [1.165, 1.54) is 5.56 Å². The molecule has 1 aliphatic rings. The summed E-state index contributed by atoms with van der Waals surface area (Å²) < 4.78 is 5.74. The smallest absolute Gasteiger partial charge is 0.223 e. The fraction of sp³-hybridized carbons (Fsp3) is 0.412. The average Bonchev–Trinajstić information content (AvgIpc) is 3.17. The second-order valence-corrected chi connectivity index (χ2v) is 5.57. The molecule has 4 nitrogen and oxygen atoms in total. The van der Waals surface area contributed by atoms with Gasteiger partial charge in [-0.1, -0.05) is 29.8 Å². The lowest BCUT2D eigenvalue weighted by Crippen LogP contribution is -2.27. The first-order valence-electron chi connectivity index (χ1n) is 7.52. The van der Waals surface area contributed by atoms with Crippen LogP contribution < -0.4 is 0 Å². The molecule has 1 aromatic heterocycles. The van der Waals surface area contributed by atoms with Gasteiger partial charge in [0.05, 0.1) is 6.20 Å². The van der Waals surface area contributed by atoms with Crippen molar-refractivity contribution in [2.75, 3.05) is 13.1 Å². The third-order valence-corrected chi connectivity index (χ3v) is 3.90. The Kier molecular flexibility index (Phi) is 4.04. The van der Waals surface area contributed by atoms with Gasteiger partial charge in [0.15, 0.2) is 11.7 Å². The Morgan fingerprint density at radius 2 is 1.95 bits per heavy atom. The monoisotopic (exact) mass is 284 g/mol. The minimum atomic E-state index is 0.211. The fourth-order valence-corrected chi connectivity index (χ4v) is 2.62. The Balaban J connectivity index is 1.60. The predicted molar refractivity (Wildman–Crippen MR) is 80.8 cm³/mol. The number of aromatic nitrogens is 1. The molecule has 0 unspecified atom stereocenters. The number of carbonyl (C=O) groups is 1. The number of hydrogen-bond acceptors (Lipinski definition) is 3.